The Balaban J connectivity index is 1.52. The molecule has 0 aliphatic rings. The largest absolute Gasteiger partial charge is 0.375 e. The van der Waals surface area contributed by atoms with E-state index in [1.165, 1.54) is 11.3 Å². The van der Waals surface area contributed by atoms with Gasteiger partial charge in [0.25, 0.3) is 5.56 Å². The third-order valence-electron chi connectivity index (χ3n) is 3.87. The van der Waals surface area contributed by atoms with E-state index in [4.69, 9.17) is 5.73 Å². The van der Waals surface area contributed by atoms with Crippen molar-refractivity contribution < 1.29 is 0 Å². The maximum Gasteiger partial charge on any atom is 0.261 e. The van der Waals surface area contributed by atoms with Gasteiger partial charge < -0.3 is 11.1 Å². The van der Waals surface area contributed by atoms with Crippen molar-refractivity contribution >= 4 is 27.4 Å². The van der Waals surface area contributed by atoms with E-state index in [1.54, 1.807) is 10.9 Å². The topological polar surface area (TPSA) is 85.8 Å². The lowest BCUT2D eigenvalue weighted by molar-refractivity contribution is 0.463. The minimum atomic E-state index is 0.00667. The molecule has 3 rings (SSSR count). The van der Waals surface area contributed by atoms with Crippen molar-refractivity contribution in [3.63, 3.8) is 0 Å². The van der Waals surface area contributed by atoms with Gasteiger partial charge in [0.05, 0.1) is 22.9 Å². The smallest absolute Gasteiger partial charge is 0.261 e. The first kappa shape index (κ1) is 16.6. The van der Waals surface area contributed by atoms with Crippen molar-refractivity contribution in [3.8, 4) is 0 Å². The van der Waals surface area contributed by atoms with E-state index in [0.29, 0.717) is 17.1 Å². The average molecular weight is 343 g/mol. The number of anilines is 1. The van der Waals surface area contributed by atoms with Gasteiger partial charge in [-0.2, -0.15) is 0 Å². The van der Waals surface area contributed by atoms with Crippen molar-refractivity contribution in [3.05, 3.63) is 52.0 Å². The molecule has 0 saturated heterocycles. The van der Waals surface area contributed by atoms with Crippen molar-refractivity contribution in [2.75, 3.05) is 12.3 Å². The van der Waals surface area contributed by atoms with E-state index >= 15 is 0 Å². The van der Waals surface area contributed by atoms with Crippen LogP contribution in [0.4, 0.5) is 5.13 Å². The molecule has 2 heterocycles. The molecular formula is C17H21N5OS. The Morgan fingerprint density at radius 1 is 1.38 bits per heavy atom. The van der Waals surface area contributed by atoms with E-state index in [-0.39, 0.29) is 11.6 Å². The number of hydrogen-bond acceptors (Lipinski definition) is 6. The summed E-state index contributed by atoms with van der Waals surface area (Å²) >= 11 is 1.47. The molecule has 0 aliphatic carbocycles. The molecule has 0 amide bonds. The number of nitrogen functional groups attached to an aromatic ring is 1. The molecule has 7 heteroatoms. The summed E-state index contributed by atoms with van der Waals surface area (Å²) in [5.74, 6) is 0. The number of rotatable bonds is 7. The van der Waals surface area contributed by atoms with Crippen molar-refractivity contribution in [2.24, 2.45) is 0 Å². The van der Waals surface area contributed by atoms with Gasteiger partial charge in [-0.25, -0.2) is 9.97 Å². The van der Waals surface area contributed by atoms with Crippen LogP contribution in [0.1, 0.15) is 19.0 Å². The lowest BCUT2D eigenvalue weighted by Gasteiger charge is -2.15. The molecule has 0 fully saturated rings. The minimum absolute atomic E-state index is 0.00667. The fourth-order valence-electron chi connectivity index (χ4n) is 2.65. The van der Waals surface area contributed by atoms with Gasteiger partial charge in [0, 0.05) is 18.0 Å². The van der Waals surface area contributed by atoms with E-state index < -0.39 is 0 Å². The Morgan fingerprint density at radius 3 is 3.00 bits per heavy atom. The van der Waals surface area contributed by atoms with Crippen LogP contribution in [0, 0.1) is 0 Å². The summed E-state index contributed by atoms with van der Waals surface area (Å²) in [6, 6.07) is 7.61. The standard InChI is InChI=1S/C17H21N5OS/c1-12(19-8-4-5-13-10-24-17(18)21-13)9-22-11-20-15-7-3-2-6-14(15)16(22)23/h2-3,6-7,10-12,19H,4-5,8-9H2,1H3,(H2,18,21). The molecule has 0 saturated carbocycles. The van der Waals surface area contributed by atoms with Crippen LogP contribution in [0.15, 0.2) is 40.8 Å². The number of thiazole rings is 1. The zero-order chi connectivity index (χ0) is 16.9. The Bertz CT molecular complexity index is 873. The lowest BCUT2D eigenvalue weighted by Crippen LogP contribution is -2.35. The normalized spacial score (nSPS) is 12.5. The minimum Gasteiger partial charge on any atom is -0.375 e. The highest BCUT2D eigenvalue weighted by atomic mass is 32.1. The lowest BCUT2D eigenvalue weighted by atomic mass is 10.2. The molecule has 1 aromatic carbocycles. The Labute approximate surface area is 144 Å². The highest BCUT2D eigenvalue weighted by molar-refractivity contribution is 7.13. The highest BCUT2D eigenvalue weighted by Crippen LogP contribution is 2.12. The van der Waals surface area contributed by atoms with Crippen LogP contribution < -0.4 is 16.6 Å². The Kier molecular flexibility index (Phi) is 5.22. The first-order valence-electron chi connectivity index (χ1n) is 8.01. The summed E-state index contributed by atoms with van der Waals surface area (Å²) in [7, 11) is 0. The van der Waals surface area contributed by atoms with Crippen LogP contribution in [-0.4, -0.2) is 27.1 Å². The van der Waals surface area contributed by atoms with Gasteiger partial charge in [0.1, 0.15) is 0 Å². The highest BCUT2D eigenvalue weighted by Gasteiger charge is 2.07. The molecule has 2 aromatic heterocycles. The first-order chi connectivity index (χ1) is 11.6. The second kappa shape index (κ2) is 7.55. The predicted molar refractivity (Wildman–Crippen MR) is 98.3 cm³/mol. The number of nitrogens with two attached hydrogens (primary N) is 1. The van der Waals surface area contributed by atoms with E-state index in [0.717, 1.165) is 30.6 Å². The van der Waals surface area contributed by atoms with Crippen molar-refractivity contribution in [1.29, 1.82) is 0 Å². The van der Waals surface area contributed by atoms with Crippen LogP contribution in [0.3, 0.4) is 0 Å². The number of fused-ring (bicyclic) bond motifs is 1. The maximum atomic E-state index is 12.5. The van der Waals surface area contributed by atoms with Gasteiger partial charge in [-0.05, 0) is 38.4 Å². The molecule has 24 heavy (non-hydrogen) atoms. The van der Waals surface area contributed by atoms with Gasteiger partial charge in [-0.15, -0.1) is 11.3 Å². The molecule has 1 atom stereocenters. The number of nitrogens with one attached hydrogen (secondary N) is 1. The van der Waals surface area contributed by atoms with Gasteiger partial charge in [0.15, 0.2) is 5.13 Å². The molecule has 126 valence electrons. The number of hydrogen-bond donors (Lipinski definition) is 2. The van der Waals surface area contributed by atoms with Crippen LogP contribution in [0.2, 0.25) is 0 Å². The van der Waals surface area contributed by atoms with E-state index in [9.17, 15) is 4.79 Å². The van der Waals surface area contributed by atoms with Gasteiger partial charge in [-0.1, -0.05) is 12.1 Å². The summed E-state index contributed by atoms with van der Waals surface area (Å²) in [6.07, 6.45) is 3.52. The quantitative estimate of drug-likeness (QED) is 0.641. The summed E-state index contributed by atoms with van der Waals surface area (Å²) in [6.45, 7) is 3.54. The molecule has 3 aromatic rings. The van der Waals surface area contributed by atoms with Crippen LogP contribution >= 0.6 is 11.3 Å². The van der Waals surface area contributed by atoms with Gasteiger partial charge in [0.2, 0.25) is 0 Å². The molecular weight excluding hydrogens is 322 g/mol. The van der Waals surface area contributed by atoms with E-state index in [1.807, 2.05) is 29.6 Å². The summed E-state index contributed by atoms with van der Waals surface area (Å²) < 4.78 is 1.67. The molecule has 1 unspecified atom stereocenters. The van der Waals surface area contributed by atoms with Crippen LogP contribution in [0.5, 0.6) is 0 Å². The Morgan fingerprint density at radius 2 is 2.21 bits per heavy atom. The number of aromatic nitrogens is 3. The second-order valence-electron chi connectivity index (χ2n) is 5.86. The van der Waals surface area contributed by atoms with Crippen molar-refractivity contribution in [2.45, 2.75) is 32.4 Å². The fraction of sp³-hybridized carbons (Fsp3) is 0.353. The molecule has 3 N–H and O–H groups in total. The number of aryl methyl sites for hydroxylation is 1. The van der Waals surface area contributed by atoms with E-state index in [2.05, 4.69) is 22.2 Å². The zero-order valence-electron chi connectivity index (χ0n) is 13.6. The predicted octanol–water partition coefficient (Wildman–Crippen LogP) is 2.05. The summed E-state index contributed by atoms with van der Waals surface area (Å²) in [4.78, 5) is 21.1. The molecule has 0 spiro atoms. The molecule has 0 radical (unpaired) electrons. The zero-order valence-corrected chi connectivity index (χ0v) is 14.4. The van der Waals surface area contributed by atoms with Gasteiger partial charge in [-0.3, -0.25) is 9.36 Å². The number of benzene rings is 1. The molecule has 6 nitrogen and oxygen atoms in total. The Hall–Kier alpha value is -2.25. The molecule has 0 bridgehead atoms. The fourth-order valence-corrected chi connectivity index (χ4v) is 3.25. The average Bonchev–Trinajstić information content (AvgIpc) is 3.00. The number of para-hydroxylation sites is 1. The SMILES string of the molecule is CC(Cn1cnc2ccccc2c1=O)NCCCc1csc(N)n1. The maximum absolute atomic E-state index is 12.5. The monoisotopic (exact) mass is 343 g/mol. The van der Waals surface area contributed by atoms with Crippen molar-refractivity contribution in [1.82, 2.24) is 19.9 Å². The third-order valence-corrected chi connectivity index (χ3v) is 4.60. The summed E-state index contributed by atoms with van der Waals surface area (Å²) in [5.41, 5.74) is 7.41. The van der Waals surface area contributed by atoms with Crippen LogP contribution in [-0.2, 0) is 13.0 Å². The third kappa shape index (κ3) is 3.98. The number of nitrogens with zero attached hydrogens (tertiary/aromatic N) is 3. The molecule has 0 aliphatic heterocycles. The summed E-state index contributed by atoms with van der Waals surface area (Å²) in [5, 5.41) is 6.72. The second-order valence-corrected chi connectivity index (χ2v) is 6.74. The van der Waals surface area contributed by atoms with Crippen LogP contribution in [0.25, 0.3) is 10.9 Å². The van der Waals surface area contributed by atoms with Gasteiger partial charge >= 0.3 is 0 Å². The first-order valence-corrected chi connectivity index (χ1v) is 8.89.